The van der Waals surface area contributed by atoms with Crippen molar-refractivity contribution in [2.75, 3.05) is 24.2 Å². The van der Waals surface area contributed by atoms with Gasteiger partial charge >= 0.3 is 6.03 Å². The highest BCUT2D eigenvalue weighted by molar-refractivity contribution is 5.89. The Balaban J connectivity index is 2.37. The van der Waals surface area contributed by atoms with Crippen molar-refractivity contribution in [1.29, 1.82) is 0 Å². The number of benzene rings is 1. The molecule has 0 bridgehead atoms. The van der Waals surface area contributed by atoms with Crippen LogP contribution in [0.25, 0.3) is 0 Å². The van der Waals surface area contributed by atoms with E-state index in [2.05, 4.69) is 22.9 Å². The lowest BCUT2D eigenvalue weighted by molar-refractivity contribution is 0.252. The summed E-state index contributed by atoms with van der Waals surface area (Å²) in [5.74, 6) is 0. The predicted octanol–water partition coefficient (Wildman–Crippen LogP) is 2.65. The number of anilines is 2. The Morgan fingerprint density at radius 3 is 2.38 bits per heavy atom. The van der Waals surface area contributed by atoms with Gasteiger partial charge in [0.05, 0.1) is 0 Å². The van der Waals surface area contributed by atoms with E-state index in [0.29, 0.717) is 0 Å². The molecule has 0 aliphatic heterocycles. The molecule has 0 heterocycles. The first-order valence-corrected chi connectivity index (χ1v) is 5.59. The Morgan fingerprint density at radius 1 is 1.19 bits per heavy atom. The largest absolute Gasteiger partial charge is 0.388 e. The van der Waals surface area contributed by atoms with Crippen LogP contribution in [0.15, 0.2) is 24.3 Å². The summed E-state index contributed by atoms with van der Waals surface area (Å²) in [6.45, 7) is 2.81. The lowest BCUT2D eigenvalue weighted by Gasteiger charge is -2.07. The number of nitrogens with one attached hydrogen (secondary N) is 3. The molecule has 1 aromatic carbocycles. The molecule has 2 amide bonds. The van der Waals surface area contributed by atoms with Gasteiger partial charge in [-0.25, -0.2) is 4.79 Å². The first-order chi connectivity index (χ1) is 7.76. The smallest absolute Gasteiger partial charge is 0.319 e. The zero-order valence-corrected chi connectivity index (χ0v) is 9.84. The summed E-state index contributed by atoms with van der Waals surface area (Å²) in [5.41, 5.74) is 1.82. The van der Waals surface area contributed by atoms with E-state index in [9.17, 15) is 4.79 Å². The molecule has 0 aliphatic rings. The van der Waals surface area contributed by atoms with E-state index in [4.69, 9.17) is 0 Å². The molecule has 3 N–H and O–H groups in total. The van der Waals surface area contributed by atoms with E-state index in [-0.39, 0.29) is 6.03 Å². The minimum atomic E-state index is -0.148. The fourth-order valence-corrected chi connectivity index (χ4v) is 1.27. The van der Waals surface area contributed by atoms with Crippen LogP contribution in [-0.4, -0.2) is 19.6 Å². The van der Waals surface area contributed by atoms with Gasteiger partial charge in [0.25, 0.3) is 0 Å². The first kappa shape index (κ1) is 12.4. The molecule has 0 aliphatic carbocycles. The second-order valence-corrected chi connectivity index (χ2v) is 3.56. The first-order valence-electron chi connectivity index (χ1n) is 5.59. The van der Waals surface area contributed by atoms with Gasteiger partial charge in [0, 0.05) is 25.0 Å². The maximum Gasteiger partial charge on any atom is 0.319 e. The summed E-state index contributed by atoms with van der Waals surface area (Å²) in [7, 11) is 1.86. The van der Waals surface area contributed by atoms with Crippen LogP contribution in [0, 0.1) is 0 Å². The second kappa shape index (κ2) is 6.71. The van der Waals surface area contributed by atoms with E-state index in [1.54, 1.807) is 0 Å². The van der Waals surface area contributed by atoms with Crippen molar-refractivity contribution in [3.05, 3.63) is 24.3 Å². The van der Waals surface area contributed by atoms with Gasteiger partial charge in [0.2, 0.25) is 0 Å². The van der Waals surface area contributed by atoms with E-state index in [1.807, 2.05) is 31.3 Å². The van der Waals surface area contributed by atoms with E-state index in [1.165, 1.54) is 0 Å². The van der Waals surface area contributed by atoms with Crippen molar-refractivity contribution in [2.24, 2.45) is 0 Å². The molecule has 0 atom stereocenters. The molecule has 0 saturated carbocycles. The molecule has 4 heteroatoms. The zero-order chi connectivity index (χ0) is 11.8. The third-order valence-corrected chi connectivity index (χ3v) is 2.25. The number of unbranched alkanes of at least 4 members (excludes halogenated alkanes) is 1. The molecule has 0 aromatic heterocycles. The van der Waals surface area contributed by atoms with E-state index < -0.39 is 0 Å². The van der Waals surface area contributed by atoms with Gasteiger partial charge in [-0.05, 0) is 30.7 Å². The number of amides is 2. The Kier molecular flexibility index (Phi) is 5.19. The third-order valence-electron chi connectivity index (χ3n) is 2.25. The fourth-order valence-electron chi connectivity index (χ4n) is 1.27. The van der Waals surface area contributed by atoms with Crippen LogP contribution in [0.4, 0.5) is 16.2 Å². The molecular formula is C12H19N3O. The number of hydrogen-bond donors (Lipinski definition) is 3. The molecular weight excluding hydrogens is 202 g/mol. The molecule has 0 unspecified atom stereocenters. The molecule has 1 aromatic rings. The number of urea groups is 1. The highest BCUT2D eigenvalue weighted by Crippen LogP contribution is 2.12. The van der Waals surface area contributed by atoms with Gasteiger partial charge < -0.3 is 16.0 Å². The van der Waals surface area contributed by atoms with Gasteiger partial charge in [-0.2, -0.15) is 0 Å². The van der Waals surface area contributed by atoms with Crippen LogP contribution in [0.1, 0.15) is 19.8 Å². The summed E-state index contributed by atoms with van der Waals surface area (Å²) in [6, 6.07) is 7.42. The number of carbonyl (C=O) groups excluding carboxylic acids is 1. The molecule has 0 radical (unpaired) electrons. The van der Waals surface area contributed by atoms with Crippen LogP contribution in [0.5, 0.6) is 0 Å². The second-order valence-electron chi connectivity index (χ2n) is 3.56. The maximum absolute atomic E-state index is 11.4. The third kappa shape index (κ3) is 4.21. The van der Waals surface area contributed by atoms with Gasteiger partial charge in [0.15, 0.2) is 0 Å². The molecule has 0 spiro atoms. The standard InChI is InChI=1S/C12H19N3O/c1-3-4-9-14-12(16)15-11-7-5-10(13-2)6-8-11/h5-8,13H,3-4,9H2,1-2H3,(H2,14,15,16). The quantitative estimate of drug-likeness (QED) is 0.669. The topological polar surface area (TPSA) is 53.2 Å². The molecule has 0 fully saturated rings. The lowest BCUT2D eigenvalue weighted by atomic mass is 10.3. The minimum absolute atomic E-state index is 0.148. The SMILES string of the molecule is CCCCNC(=O)Nc1ccc(NC)cc1. The highest BCUT2D eigenvalue weighted by atomic mass is 16.2. The summed E-state index contributed by atoms with van der Waals surface area (Å²) < 4.78 is 0. The number of hydrogen-bond acceptors (Lipinski definition) is 2. The van der Waals surface area contributed by atoms with Crippen LogP contribution >= 0.6 is 0 Å². The molecule has 0 saturated heterocycles. The Bertz CT molecular complexity index is 322. The fraction of sp³-hybridized carbons (Fsp3) is 0.417. The van der Waals surface area contributed by atoms with Crippen molar-refractivity contribution in [2.45, 2.75) is 19.8 Å². The Hall–Kier alpha value is -1.71. The average Bonchev–Trinajstić information content (AvgIpc) is 2.30. The Morgan fingerprint density at radius 2 is 1.81 bits per heavy atom. The minimum Gasteiger partial charge on any atom is -0.388 e. The average molecular weight is 221 g/mol. The summed E-state index contributed by atoms with van der Waals surface area (Å²) in [5, 5.41) is 8.59. The van der Waals surface area contributed by atoms with Crippen LogP contribution < -0.4 is 16.0 Å². The van der Waals surface area contributed by atoms with Crippen LogP contribution in [0.3, 0.4) is 0 Å². The molecule has 4 nitrogen and oxygen atoms in total. The normalized spacial score (nSPS) is 9.62. The van der Waals surface area contributed by atoms with E-state index in [0.717, 1.165) is 30.8 Å². The van der Waals surface area contributed by atoms with Crippen molar-refractivity contribution >= 4 is 17.4 Å². The van der Waals surface area contributed by atoms with Gasteiger partial charge in [-0.15, -0.1) is 0 Å². The molecule has 1 rings (SSSR count). The summed E-state index contributed by atoms with van der Waals surface area (Å²) in [4.78, 5) is 11.4. The van der Waals surface area contributed by atoms with Crippen molar-refractivity contribution in [3.63, 3.8) is 0 Å². The van der Waals surface area contributed by atoms with Crippen molar-refractivity contribution < 1.29 is 4.79 Å². The highest BCUT2D eigenvalue weighted by Gasteiger charge is 1.99. The Labute approximate surface area is 96.4 Å². The lowest BCUT2D eigenvalue weighted by Crippen LogP contribution is -2.29. The van der Waals surface area contributed by atoms with Gasteiger partial charge in [0.1, 0.15) is 0 Å². The van der Waals surface area contributed by atoms with Gasteiger partial charge in [-0.3, -0.25) is 0 Å². The summed E-state index contributed by atoms with van der Waals surface area (Å²) >= 11 is 0. The van der Waals surface area contributed by atoms with Crippen LogP contribution in [-0.2, 0) is 0 Å². The van der Waals surface area contributed by atoms with Crippen LogP contribution in [0.2, 0.25) is 0 Å². The molecule has 16 heavy (non-hydrogen) atoms. The van der Waals surface area contributed by atoms with Crippen molar-refractivity contribution in [1.82, 2.24) is 5.32 Å². The zero-order valence-electron chi connectivity index (χ0n) is 9.84. The van der Waals surface area contributed by atoms with E-state index >= 15 is 0 Å². The molecule has 88 valence electrons. The van der Waals surface area contributed by atoms with Crippen molar-refractivity contribution in [3.8, 4) is 0 Å². The number of carbonyl (C=O) groups is 1. The maximum atomic E-state index is 11.4. The van der Waals surface area contributed by atoms with Gasteiger partial charge in [-0.1, -0.05) is 13.3 Å². The number of rotatable bonds is 5. The summed E-state index contributed by atoms with van der Waals surface area (Å²) in [6.07, 6.45) is 2.09. The monoisotopic (exact) mass is 221 g/mol. The predicted molar refractivity (Wildman–Crippen MR) is 67.9 cm³/mol.